The van der Waals surface area contributed by atoms with Crippen LogP contribution in [-0.2, 0) is 26.2 Å². The summed E-state index contributed by atoms with van der Waals surface area (Å²) in [6, 6.07) is 16.8. The quantitative estimate of drug-likeness (QED) is 0.335. The van der Waals surface area contributed by atoms with Crippen LogP contribution in [0.5, 0.6) is 0 Å². The Morgan fingerprint density at radius 2 is 1.63 bits per heavy atom. The van der Waals surface area contributed by atoms with E-state index in [2.05, 4.69) is 5.32 Å². The van der Waals surface area contributed by atoms with E-state index < -0.39 is 40.2 Å². The maximum atomic E-state index is 14.5. The summed E-state index contributed by atoms with van der Waals surface area (Å²) in [7, 11) is -4.29. The van der Waals surface area contributed by atoms with Crippen LogP contribution in [0.2, 0.25) is 10.0 Å². The zero-order chi connectivity index (χ0) is 27.9. The van der Waals surface area contributed by atoms with Gasteiger partial charge >= 0.3 is 0 Å². The van der Waals surface area contributed by atoms with Crippen LogP contribution < -0.4 is 9.62 Å². The molecule has 1 atom stereocenters. The monoisotopic (exact) mass is 579 g/mol. The molecule has 3 aromatic rings. The summed E-state index contributed by atoms with van der Waals surface area (Å²) < 4.78 is 42.8. The van der Waals surface area contributed by atoms with E-state index in [1.54, 1.807) is 24.3 Å². The molecule has 0 heterocycles. The van der Waals surface area contributed by atoms with Gasteiger partial charge in [0.25, 0.3) is 10.0 Å². The predicted octanol–water partition coefficient (Wildman–Crippen LogP) is 5.27. The lowest BCUT2D eigenvalue weighted by Gasteiger charge is -2.32. The zero-order valence-corrected chi connectivity index (χ0v) is 23.2. The van der Waals surface area contributed by atoms with Gasteiger partial charge in [0.1, 0.15) is 18.4 Å². The number of hydrogen-bond donors (Lipinski definition) is 1. The van der Waals surface area contributed by atoms with Gasteiger partial charge in [-0.05, 0) is 43.7 Å². The van der Waals surface area contributed by atoms with Gasteiger partial charge in [-0.3, -0.25) is 13.9 Å². The molecule has 0 bridgehead atoms. The number of carbonyl (C=O) groups excluding carboxylic acids is 2. The molecule has 0 aliphatic carbocycles. The van der Waals surface area contributed by atoms with Gasteiger partial charge in [-0.2, -0.15) is 0 Å². The second kappa shape index (κ2) is 13.1. The molecule has 202 valence electrons. The molecule has 1 unspecified atom stereocenters. The second-order valence-electron chi connectivity index (χ2n) is 8.48. The molecule has 38 heavy (non-hydrogen) atoms. The molecule has 3 aromatic carbocycles. The van der Waals surface area contributed by atoms with E-state index in [-0.39, 0.29) is 32.7 Å². The molecule has 0 aromatic heterocycles. The molecule has 0 saturated heterocycles. The summed E-state index contributed by atoms with van der Waals surface area (Å²) in [6.45, 7) is 2.81. The number of benzene rings is 3. The first-order valence-corrected chi connectivity index (χ1v) is 14.1. The first-order chi connectivity index (χ1) is 18.1. The van der Waals surface area contributed by atoms with Crippen molar-refractivity contribution in [1.29, 1.82) is 0 Å². The smallest absolute Gasteiger partial charge is 0.264 e. The molecule has 0 saturated carbocycles. The Labute approximate surface area is 232 Å². The lowest BCUT2D eigenvalue weighted by Crippen LogP contribution is -2.51. The van der Waals surface area contributed by atoms with Crippen molar-refractivity contribution in [1.82, 2.24) is 10.2 Å². The number of carbonyl (C=O) groups is 2. The van der Waals surface area contributed by atoms with Gasteiger partial charge in [0.15, 0.2) is 0 Å². The lowest BCUT2D eigenvalue weighted by atomic mass is 10.1. The number of hydrogen-bond acceptors (Lipinski definition) is 4. The summed E-state index contributed by atoms with van der Waals surface area (Å²) in [4.78, 5) is 27.7. The van der Waals surface area contributed by atoms with E-state index in [9.17, 15) is 22.4 Å². The molecular formula is C27H28Cl2FN3O4S. The molecular weight excluding hydrogens is 552 g/mol. The normalized spacial score (nSPS) is 12.0. The number of halogens is 3. The number of nitrogens with zero attached hydrogens (tertiary/aromatic N) is 2. The third-order valence-corrected chi connectivity index (χ3v) is 8.41. The minimum absolute atomic E-state index is 0.00898. The molecule has 0 aliphatic heterocycles. The molecule has 2 amide bonds. The highest BCUT2D eigenvalue weighted by molar-refractivity contribution is 7.92. The fraction of sp³-hybridized carbons (Fsp3) is 0.259. The van der Waals surface area contributed by atoms with Gasteiger partial charge < -0.3 is 10.2 Å². The highest BCUT2D eigenvalue weighted by atomic mass is 35.5. The van der Waals surface area contributed by atoms with Crippen LogP contribution in [0.25, 0.3) is 0 Å². The van der Waals surface area contributed by atoms with E-state index in [0.29, 0.717) is 13.0 Å². The van der Waals surface area contributed by atoms with Gasteiger partial charge in [0.05, 0.1) is 20.6 Å². The van der Waals surface area contributed by atoms with Crippen molar-refractivity contribution >= 4 is 50.7 Å². The molecule has 0 fully saturated rings. The minimum atomic E-state index is -4.29. The van der Waals surface area contributed by atoms with Gasteiger partial charge in [0.2, 0.25) is 11.8 Å². The van der Waals surface area contributed by atoms with Crippen molar-refractivity contribution in [3.8, 4) is 0 Å². The number of amides is 2. The van der Waals surface area contributed by atoms with Crippen LogP contribution in [0.15, 0.2) is 77.7 Å². The summed E-state index contributed by atoms with van der Waals surface area (Å²) in [5, 5.41) is 2.77. The molecule has 3 rings (SSSR count). The SMILES string of the molecule is CCCNC(=O)C(C)N(Cc1ccccc1F)C(=O)CN(c1cccc(Cl)c1Cl)S(=O)(=O)c1ccccc1. The highest BCUT2D eigenvalue weighted by Gasteiger charge is 2.33. The average Bonchev–Trinajstić information content (AvgIpc) is 2.91. The fourth-order valence-electron chi connectivity index (χ4n) is 3.71. The lowest BCUT2D eigenvalue weighted by molar-refractivity contribution is -0.139. The number of sulfonamides is 1. The van der Waals surface area contributed by atoms with Crippen molar-refractivity contribution in [2.75, 3.05) is 17.4 Å². The molecule has 0 radical (unpaired) electrons. The topological polar surface area (TPSA) is 86.8 Å². The molecule has 7 nitrogen and oxygen atoms in total. The zero-order valence-electron chi connectivity index (χ0n) is 20.9. The minimum Gasteiger partial charge on any atom is -0.354 e. The number of nitrogens with one attached hydrogen (secondary N) is 1. The van der Waals surface area contributed by atoms with Crippen LogP contribution in [0.4, 0.5) is 10.1 Å². The number of rotatable bonds is 11. The van der Waals surface area contributed by atoms with E-state index in [1.807, 2.05) is 6.92 Å². The first kappa shape index (κ1) is 29.4. The standard InChI is InChI=1S/C27H28Cl2FN3O4S/c1-3-16-31-27(35)19(2)32(17-20-10-7-8-14-23(20)30)25(34)18-33(24-15-9-13-22(28)26(24)29)38(36,37)21-11-5-4-6-12-21/h4-15,19H,3,16-18H2,1-2H3,(H,31,35). The van der Waals surface area contributed by atoms with Crippen molar-refractivity contribution in [2.45, 2.75) is 37.8 Å². The maximum Gasteiger partial charge on any atom is 0.264 e. The van der Waals surface area contributed by atoms with Crippen molar-refractivity contribution in [3.63, 3.8) is 0 Å². The first-order valence-electron chi connectivity index (χ1n) is 11.9. The van der Waals surface area contributed by atoms with E-state index in [4.69, 9.17) is 23.2 Å². The highest BCUT2D eigenvalue weighted by Crippen LogP contribution is 2.35. The Morgan fingerprint density at radius 1 is 0.974 bits per heavy atom. The van der Waals surface area contributed by atoms with Crippen molar-refractivity contribution < 1.29 is 22.4 Å². The Kier molecular flexibility index (Phi) is 10.1. The summed E-state index contributed by atoms with van der Waals surface area (Å²) >= 11 is 12.6. The van der Waals surface area contributed by atoms with Gasteiger partial charge in [0, 0.05) is 18.7 Å². The van der Waals surface area contributed by atoms with Crippen LogP contribution in [0.1, 0.15) is 25.8 Å². The Balaban J connectivity index is 2.06. The Morgan fingerprint density at radius 3 is 2.29 bits per heavy atom. The van der Waals surface area contributed by atoms with Crippen LogP contribution in [0, 0.1) is 5.82 Å². The predicted molar refractivity (Wildman–Crippen MR) is 147 cm³/mol. The van der Waals surface area contributed by atoms with Crippen molar-refractivity contribution in [2.24, 2.45) is 0 Å². The number of anilines is 1. The van der Waals surface area contributed by atoms with Crippen LogP contribution in [-0.4, -0.2) is 44.3 Å². The molecule has 0 spiro atoms. The summed E-state index contributed by atoms with van der Waals surface area (Å²) in [6.07, 6.45) is 0.677. The molecule has 11 heteroatoms. The molecule has 1 N–H and O–H groups in total. The summed E-state index contributed by atoms with van der Waals surface area (Å²) in [5.74, 6) is -1.74. The van der Waals surface area contributed by atoms with Gasteiger partial charge in [-0.15, -0.1) is 0 Å². The largest absolute Gasteiger partial charge is 0.354 e. The van der Waals surface area contributed by atoms with Crippen molar-refractivity contribution in [3.05, 3.63) is 94.2 Å². The van der Waals surface area contributed by atoms with Crippen LogP contribution in [0.3, 0.4) is 0 Å². The van der Waals surface area contributed by atoms with Gasteiger partial charge in [-0.25, -0.2) is 12.8 Å². The second-order valence-corrected chi connectivity index (χ2v) is 11.1. The van der Waals surface area contributed by atoms with Crippen LogP contribution >= 0.6 is 23.2 Å². The maximum absolute atomic E-state index is 14.5. The van der Waals surface area contributed by atoms with Gasteiger partial charge in [-0.1, -0.05) is 72.6 Å². The summed E-state index contributed by atoms with van der Waals surface area (Å²) in [5.41, 5.74) is 0.166. The van der Waals surface area contributed by atoms with E-state index in [1.165, 1.54) is 55.5 Å². The third kappa shape index (κ3) is 6.83. The van der Waals surface area contributed by atoms with E-state index >= 15 is 0 Å². The Bertz CT molecular complexity index is 1390. The fourth-order valence-corrected chi connectivity index (χ4v) is 5.60. The average molecular weight is 581 g/mol. The Hall–Kier alpha value is -3.14. The van der Waals surface area contributed by atoms with E-state index in [0.717, 1.165) is 9.21 Å². The third-order valence-electron chi connectivity index (χ3n) is 5.83. The molecule has 0 aliphatic rings.